The lowest BCUT2D eigenvalue weighted by atomic mass is 9.42. The maximum Gasteiger partial charge on any atom is 0.303 e. The quantitative estimate of drug-likeness (QED) is 0.273. The number of aliphatic hydroxyl groups excluding tert-OH is 3. The fraction of sp³-hybridized carbons (Fsp3) is 0.966. The van der Waals surface area contributed by atoms with Crippen LogP contribution in [0.25, 0.3) is 0 Å². The summed E-state index contributed by atoms with van der Waals surface area (Å²) >= 11 is 0. The van der Waals surface area contributed by atoms with Crippen LogP contribution in [0.5, 0.6) is 0 Å². The number of hydrogen-bond donors (Lipinski definition) is 6. The fourth-order valence-electron chi connectivity index (χ4n) is 10.7. The van der Waals surface area contributed by atoms with Crippen LogP contribution in [0.3, 0.4) is 0 Å². The maximum atomic E-state index is 11.6. The van der Waals surface area contributed by atoms with Crippen molar-refractivity contribution in [1.29, 1.82) is 0 Å². The van der Waals surface area contributed by atoms with Crippen molar-refractivity contribution in [2.24, 2.45) is 51.9 Å². The summed E-state index contributed by atoms with van der Waals surface area (Å²) in [7, 11) is 0. The van der Waals surface area contributed by atoms with E-state index >= 15 is 0 Å². The molecule has 0 aromatic heterocycles. The Labute approximate surface area is 230 Å². The van der Waals surface area contributed by atoms with E-state index in [1.165, 1.54) is 0 Å². The Hall–Kier alpha value is -0.850. The van der Waals surface area contributed by atoms with Crippen LogP contribution < -0.4 is 11.5 Å². The fourth-order valence-corrected chi connectivity index (χ4v) is 10.7. The molecule has 10 heteroatoms. The second-order valence-corrected chi connectivity index (χ2v) is 14.1. The molecule has 0 spiro atoms. The molecule has 6 fully saturated rings. The van der Waals surface area contributed by atoms with Crippen LogP contribution in [0.1, 0.15) is 78.1 Å². The number of carboxylic acid groups (broad SMARTS) is 1. The van der Waals surface area contributed by atoms with Crippen molar-refractivity contribution in [2.75, 3.05) is 6.61 Å². The van der Waals surface area contributed by atoms with Crippen molar-refractivity contribution in [3.05, 3.63) is 0 Å². The van der Waals surface area contributed by atoms with Gasteiger partial charge in [0.1, 0.15) is 24.5 Å². The predicted octanol–water partition coefficient (Wildman–Crippen LogP) is 1.33. The van der Waals surface area contributed by atoms with E-state index in [2.05, 4.69) is 13.8 Å². The Bertz CT molecular complexity index is 952. The maximum absolute atomic E-state index is 11.6. The summed E-state index contributed by atoms with van der Waals surface area (Å²) in [6, 6.07) is -0.937. The highest BCUT2D eigenvalue weighted by molar-refractivity contribution is 5.67. The number of carbonyl (C=O) groups is 1. The summed E-state index contributed by atoms with van der Waals surface area (Å²) in [5.74, 6) is 0.787. The summed E-state index contributed by atoms with van der Waals surface area (Å²) in [5, 5.41) is 39.9. The predicted molar refractivity (Wildman–Crippen MR) is 140 cm³/mol. The number of carboxylic acids is 1. The molecule has 2 bridgehead atoms. The number of aliphatic hydroxyl groups is 3. The lowest BCUT2D eigenvalue weighted by Crippen LogP contribution is -2.68. The van der Waals surface area contributed by atoms with Gasteiger partial charge < -0.3 is 46.1 Å². The van der Waals surface area contributed by atoms with Gasteiger partial charge in [-0.15, -0.1) is 0 Å². The summed E-state index contributed by atoms with van der Waals surface area (Å²) in [5.41, 5.74) is 12.4. The van der Waals surface area contributed by atoms with Gasteiger partial charge in [-0.3, -0.25) is 4.79 Å². The van der Waals surface area contributed by atoms with Gasteiger partial charge in [-0.05, 0) is 86.9 Å². The van der Waals surface area contributed by atoms with E-state index in [-0.39, 0.29) is 41.5 Å². The van der Waals surface area contributed by atoms with E-state index in [4.69, 9.17) is 25.7 Å². The van der Waals surface area contributed by atoms with E-state index in [0.717, 1.165) is 57.8 Å². The Morgan fingerprint density at radius 3 is 2.44 bits per heavy atom. The summed E-state index contributed by atoms with van der Waals surface area (Å²) < 4.78 is 18.8. The zero-order valence-electron chi connectivity index (χ0n) is 23.3. The smallest absolute Gasteiger partial charge is 0.303 e. The first-order chi connectivity index (χ1) is 18.4. The van der Waals surface area contributed by atoms with Gasteiger partial charge in [0.15, 0.2) is 6.29 Å². The number of hydrogen-bond acceptors (Lipinski definition) is 9. The van der Waals surface area contributed by atoms with Gasteiger partial charge in [0.05, 0.1) is 30.8 Å². The standard InChI is InChI=1S/C29H48N2O8/c1-27-8-5-15(37-26-24(36)22(30)23(35)20(13-32)38-26)11-14(27)3-4-19-18(27)6-9-28(2)17-7-10-29(19,28)39-25(31)16(17)12-21(33)34/h14-20,22-26,32,35-36H,3-13,30-31H2,1-2H3,(H,33,34)/t14-,15+,16-,17-,18+,19-,20-,22+,23-,24-,25+,26-,27+,28-,29+/m1/s1. The van der Waals surface area contributed by atoms with Crippen LogP contribution in [0.4, 0.5) is 0 Å². The second-order valence-electron chi connectivity index (χ2n) is 14.1. The van der Waals surface area contributed by atoms with Crippen LogP contribution in [-0.4, -0.2) is 81.6 Å². The molecule has 0 amide bonds. The summed E-state index contributed by atoms with van der Waals surface area (Å²) in [4.78, 5) is 11.6. The van der Waals surface area contributed by atoms with Crippen LogP contribution >= 0.6 is 0 Å². The molecule has 15 atom stereocenters. The molecule has 6 rings (SSSR count). The van der Waals surface area contributed by atoms with E-state index in [0.29, 0.717) is 23.7 Å². The molecular weight excluding hydrogens is 504 g/mol. The molecular formula is C29H48N2O8. The average Bonchev–Trinajstić information content (AvgIpc) is 3.10. The number of aliphatic carboxylic acids is 1. The first-order valence-corrected chi connectivity index (χ1v) is 15.1. The first-order valence-electron chi connectivity index (χ1n) is 15.1. The third-order valence-corrected chi connectivity index (χ3v) is 12.8. The zero-order chi connectivity index (χ0) is 27.9. The summed E-state index contributed by atoms with van der Waals surface area (Å²) in [6.45, 7) is 4.42. The van der Waals surface area contributed by atoms with E-state index < -0.39 is 42.8 Å². The molecule has 2 aliphatic heterocycles. The molecule has 4 aliphatic carbocycles. The molecule has 0 radical (unpaired) electrons. The molecule has 2 heterocycles. The van der Waals surface area contributed by atoms with Crippen LogP contribution in [0, 0.1) is 40.4 Å². The normalized spacial score (nSPS) is 56.8. The van der Waals surface area contributed by atoms with Crippen molar-refractivity contribution >= 4 is 5.97 Å². The molecule has 0 aromatic rings. The third-order valence-electron chi connectivity index (χ3n) is 12.8. The van der Waals surface area contributed by atoms with E-state index in [1.54, 1.807) is 0 Å². The lowest BCUT2D eigenvalue weighted by Gasteiger charge is -2.67. The van der Waals surface area contributed by atoms with Crippen molar-refractivity contribution in [2.45, 2.75) is 127 Å². The Balaban J connectivity index is 1.17. The Morgan fingerprint density at radius 2 is 1.72 bits per heavy atom. The molecule has 10 nitrogen and oxygen atoms in total. The molecule has 4 saturated carbocycles. The highest BCUT2D eigenvalue weighted by Gasteiger charge is 2.72. The molecule has 6 aliphatic rings. The van der Waals surface area contributed by atoms with Crippen LogP contribution in [0.15, 0.2) is 0 Å². The number of ether oxygens (including phenoxy) is 3. The van der Waals surface area contributed by atoms with Crippen molar-refractivity contribution in [3.63, 3.8) is 0 Å². The van der Waals surface area contributed by atoms with E-state index in [1.807, 2.05) is 0 Å². The van der Waals surface area contributed by atoms with Gasteiger partial charge in [0, 0.05) is 11.3 Å². The number of rotatable bonds is 5. The minimum absolute atomic E-state index is 0.0330. The molecule has 39 heavy (non-hydrogen) atoms. The zero-order valence-corrected chi connectivity index (χ0v) is 23.3. The van der Waals surface area contributed by atoms with Crippen molar-refractivity contribution < 1.29 is 39.4 Å². The van der Waals surface area contributed by atoms with Gasteiger partial charge in [-0.1, -0.05) is 13.8 Å². The minimum atomic E-state index is -1.16. The molecule has 0 unspecified atom stereocenters. The highest BCUT2D eigenvalue weighted by Crippen LogP contribution is 2.73. The SMILES string of the molecule is C[C@]12CC[C@H](O[C@@H]3O[C@H](CO)[C@@H](O)[C@H](N)[C@H]3O)C[C@H]1CC[C@@H]1[C@@H]2CC[C@]2(C)[C@@H]3CC[C@]12O[C@H](N)[C@@H]3CC(=O)O. The lowest BCUT2D eigenvalue weighted by molar-refractivity contribution is -0.303. The van der Waals surface area contributed by atoms with Crippen LogP contribution in [0.2, 0.25) is 0 Å². The largest absolute Gasteiger partial charge is 0.481 e. The molecule has 8 N–H and O–H groups in total. The second kappa shape index (κ2) is 9.87. The highest BCUT2D eigenvalue weighted by atomic mass is 16.7. The molecule has 222 valence electrons. The van der Waals surface area contributed by atoms with Crippen LogP contribution in [-0.2, 0) is 19.0 Å². The van der Waals surface area contributed by atoms with Crippen molar-refractivity contribution in [1.82, 2.24) is 0 Å². The molecule has 0 aromatic carbocycles. The monoisotopic (exact) mass is 552 g/mol. The number of fused-ring (bicyclic) bond motifs is 3. The van der Waals surface area contributed by atoms with Gasteiger partial charge in [0.25, 0.3) is 0 Å². The van der Waals surface area contributed by atoms with Gasteiger partial charge in [0.2, 0.25) is 0 Å². The van der Waals surface area contributed by atoms with Gasteiger partial charge >= 0.3 is 5.97 Å². The Kier molecular flexibility index (Phi) is 7.15. The first kappa shape index (κ1) is 28.3. The van der Waals surface area contributed by atoms with Gasteiger partial charge in [-0.2, -0.15) is 0 Å². The molecule has 2 saturated heterocycles. The van der Waals surface area contributed by atoms with E-state index in [9.17, 15) is 25.2 Å². The number of nitrogens with two attached hydrogens (primary N) is 2. The summed E-state index contributed by atoms with van der Waals surface area (Å²) in [6.07, 6.45) is 4.36. The Morgan fingerprint density at radius 1 is 0.974 bits per heavy atom. The van der Waals surface area contributed by atoms with Crippen molar-refractivity contribution in [3.8, 4) is 0 Å². The third kappa shape index (κ3) is 4.07. The topological polar surface area (TPSA) is 178 Å². The average molecular weight is 553 g/mol. The minimum Gasteiger partial charge on any atom is -0.481 e. The van der Waals surface area contributed by atoms with Gasteiger partial charge in [-0.25, -0.2) is 0 Å².